The first-order valence-corrected chi connectivity index (χ1v) is 5.76. The maximum absolute atomic E-state index is 10.5. The van der Waals surface area contributed by atoms with Gasteiger partial charge in [0.05, 0.1) is 17.1 Å². The number of rotatable bonds is 1. The Morgan fingerprint density at radius 3 is 2.50 bits per heavy atom. The molecule has 78 valence electrons. The zero-order chi connectivity index (χ0) is 10.2. The van der Waals surface area contributed by atoms with E-state index in [-0.39, 0.29) is 5.41 Å². The second-order valence-corrected chi connectivity index (χ2v) is 5.26. The van der Waals surface area contributed by atoms with E-state index >= 15 is 0 Å². The molecule has 0 spiro atoms. The van der Waals surface area contributed by atoms with Crippen molar-refractivity contribution in [3.8, 4) is 6.07 Å². The van der Waals surface area contributed by atoms with Crippen LogP contribution in [0.15, 0.2) is 0 Å². The summed E-state index contributed by atoms with van der Waals surface area (Å²) in [7, 11) is 0. The molecule has 0 saturated heterocycles. The Morgan fingerprint density at radius 1 is 1.21 bits per heavy atom. The molecule has 2 aliphatic rings. The van der Waals surface area contributed by atoms with Crippen molar-refractivity contribution in [1.29, 1.82) is 5.26 Å². The van der Waals surface area contributed by atoms with Crippen LogP contribution < -0.4 is 0 Å². The van der Waals surface area contributed by atoms with Gasteiger partial charge < -0.3 is 5.11 Å². The molecule has 0 heterocycles. The van der Waals surface area contributed by atoms with E-state index in [9.17, 15) is 5.11 Å². The van der Waals surface area contributed by atoms with E-state index in [1.165, 1.54) is 6.42 Å². The summed E-state index contributed by atoms with van der Waals surface area (Å²) in [6, 6.07) is 2.36. The maximum Gasteiger partial charge on any atom is 0.0861 e. The second-order valence-electron chi connectivity index (χ2n) is 5.26. The van der Waals surface area contributed by atoms with Crippen LogP contribution in [0.5, 0.6) is 0 Å². The minimum atomic E-state index is -0.660. The molecule has 14 heavy (non-hydrogen) atoms. The van der Waals surface area contributed by atoms with Crippen LogP contribution in [-0.2, 0) is 0 Å². The van der Waals surface area contributed by atoms with Crippen LogP contribution in [0.1, 0.15) is 51.9 Å². The SMILES string of the molecule is CC1CCCC(O)(C2(C#N)CC2)CC1. The van der Waals surface area contributed by atoms with E-state index in [0.717, 1.165) is 44.4 Å². The Bertz CT molecular complexity index is 264. The second kappa shape index (κ2) is 3.24. The summed E-state index contributed by atoms with van der Waals surface area (Å²) in [5, 5.41) is 19.7. The summed E-state index contributed by atoms with van der Waals surface area (Å²) in [5.41, 5.74) is -1.02. The fraction of sp³-hybridized carbons (Fsp3) is 0.917. The lowest BCUT2D eigenvalue weighted by Gasteiger charge is -2.31. The first-order valence-electron chi connectivity index (χ1n) is 5.76. The van der Waals surface area contributed by atoms with Crippen LogP contribution in [0, 0.1) is 22.7 Å². The van der Waals surface area contributed by atoms with Gasteiger partial charge in [-0.15, -0.1) is 0 Å². The molecule has 2 heteroatoms. The monoisotopic (exact) mass is 193 g/mol. The fourth-order valence-corrected chi connectivity index (χ4v) is 2.78. The van der Waals surface area contributed by atoms with Crippen molar-refractivity contribution in [2.45, 2.75) is 57.5 Å². The summed E-state index contributed by atoms with van der Waals surface area (Å²) in [4.78, 5) is 0. The van der Waals surface area contributed by atoms with E-state index in [4.69, 9.17) is 5.26 Å². The number of nitriles is 1. The van der Waals surface area contributed by atoms with E-state index in [1.807, 2.05) is 0 Å². The molecule has 2 aliphatic carbocycles. The zero-order valence-electron chi connectivity index (χ0n) is 8.92. The topological polar surface area (TPSA) is 44.0 Å². The third kappa shape index (κ3) is 1.44. The van der Waals surface area contributed by atoms with Crippen LogP contribution in [0.3, 0.4) is 0 Å². The molecule has 0 aromatic rings. The minimum Gasteiger partial charge on any atom is -0.388 e. The predicted molar refractivity (Wildman–Crippen MR) is 54.5 cm³/mol. The summed E-state index contributed by atoms with van der Waals surface area (Å²) >= 11 is 0. The summed E-state index contributed by atoms with van der Waals surface area (Å²) in [6.45, 7) is 2.25. The van der Waals surface area contributed by atoms with Gasteiger partial charge in [0.2, 0.25) is 0 Å². The highest BCUT2D eigenvalue weighted by molar-refractivity contribution is 5.20. The largest absolute Gasteiger partial charge is 0.388 e. The third-order valence-corrected chi connectivity index (χ3v) is 4.19. The van der Waals surface area contributed by atoms with E-state index in [0.29, 0.717) is 0 Å². The van der Waals surface area contributed by atoms with E-state index in [1.54, 1.807) is 0 Å². The van der Waals surface area contributed by atoms with Gasteiger partial charge in [0.15, 0.2) is 0 Å². The van der Waals surface area contributed by atoms with E-state index < -0.39 is 5.60 Å². The van der Waals surface area contributed by atoms with Gasteiger partial charge in [-0.2, -0.15) is 5.26 Å². The summed E-state index contributed by atoms with van der Waals surface area (Å²) in [5.74, 6) is 0.721. The van der Waals surface area contributed by atoms with Crippen LogP contribution in [0.4, 0.5) is 0 Å². The van der Waals surface area contributed by atoms with Crippen molar-refractivity contribution in [1.82, 2.24) is 0 Å². The molecule has 0 bridgehead atoms. The number of hydrogen-bond donors (Lipinski definition) is 1. The minimum absolute atomic E-state index is 0.364. The van der Waals surface area contributed by atoms with Crippen LogP contribution >= 0.6 is 0 Å². The van der Waals surface area contributed by atoms with Crippen molar-refractivity contribution in [3.63, 3.8) is 0 Å². The molecule has 0 radical (unpaired) electrons. The van der Waals surface area contributed by atoms with E-state index in [2.05, 4.69) is 13.0 Å². The molecule has 0 amide bonds. The van der Waals surface area contributed by atoms with Crippen molar-refractivity contribution in [2.75, 3.05) is 0 Å². The molecule has 0 aromatic carbocycles. The molecular formula is C12H19NO. The predicted octanol–water partition coefficient (Wildman–Crippen LogP) is 2.62. The molecule has 2 saturated carbocycles. The quantitative estimate of drug-likeness (QED) is 0.650. The van der Waals surface area contributed by atoms with Crippen molar-refractivity contribution >= 4 is 0 Å². The van der Waals surface area contributed by atoms with Gasteiger partial charge in [-0.3, -0.25) is 0 Å². The Morgan fingerprint density at radius 2 is 1.93 bits per heavy atom. The zero-order valence-corrected chi connectivity index (χ0v) is 8.92. The number of aliphatic hydroxyl groups is 1. The average Bonchev–Trinajstić information content (AvgIpc) is 2.94. The van der Waals surface area contributed by atoms with Gasteiger partial charge in [-0.25, -0.2) is 0 Å². The van der Waals surface area contributed by atoms with Crippen LogP contribution in [0.25, 0.3) is 0 Å². The Balaban J connectivity index is 2.12. The Kier molecular flexibility index (Phi) is 2.31. The first kappa shape index (κ1) is 9.98. The molecular weight excluding hydrogens is 174 g/mol. The Labute approximate surface area is 85.9 Å². The van der Waals surface area contributed by atoms with Gasteiger partial charge in [0, 0.05) is 0 Å². The molecule has 1 N–H and O–H groups in total. The van der Waals surface area contributed by atoms with Gasteiger partial charge in [0.25, 0.3) is 0 Å². The fourth-order valence-electron chi connectivity index (χ4n) is 2.78. The lowest BCUT2D eigenvalue weighted by molar-refractivity contribution is -0.0242. The summed E-state index contributed by atoms with van der Waals surface area (Å²) in [6.07, 6.45) is 6.88. The van der Waals surface area contributed by atoms with Crippen molar-refractivity contribution < 1.29 is 5.11 Å². The first-order chi connectivity index (χ1) is 6.62. The molecule has 2 fully saturated rings. The highest BCUT2D eigenvalue weighted by Gasteiger charge is 2.59. The van der Waals surface area contributed by atoms with Gasteiger partial charge in [-0.1, -0.05) is 19.8 Å². The Hall–Kier alpha value is -0.550. The lowest BCUT2D eigenvalue weighted by atomic mass is 9.79. The highest BCUT2D eigenvalue weighted by Crippen LogP contribution is 2.58. The van der Waals surface area contributed by atoms with Crippen LogP contribution in [-0.4, -0.2) is 10.7 Å². The van der Waals surface area contributed by atoms with Crippen LogP contribution in [0.2, 0.25) is 0 Å². The number of nitrogens with zero attached hydrogens (tertiary/aromatic N) is 1. The molecule has 2 nitrogen and oxygen atoms in total. The van der Waals surface area contributed by atoms with Crippen molar-refractivity contribution in [3.05, 3.63) is 0 Å². The molecule has 2 atom stereocenters. The highest BCUT2D eigenvalue weighted by atomic mass is 16.3. The van der Waals surface area contributed by atoms with Gasteiger partial charge in [-0.05, 0) is 38.0 Å². The molecule has 2 rings (SSSR count). The third-order valence-electron chi connectivity index (χ3n) is 4.19. The molecule has 0 aromatic heterocycles. The molecule has 0 aliphatic heterocycles. The summed E-state index contributed by atoms with van der Waals surface area (Å²) < 4.78 is 0. The maximum atomic E-state index is 10.5. The number of hydrogen-bond acceptors (Lipinski definition) is 2. The standard InChI is InChI=1S/C12H19NO/c1-10-3-2-5-12(14,6-4-10)11(9-13)7-8-11/h10,14H,2-8H2,1H3. The van der Waals surface area contributed by atoms with Gasteiger partial charge in [0.1, 0.15) is 0 Å². The normalized spacial score (nSPS) is 41.1. The average molecular weight is 193 g/mol. The van der Waals surface area contributed by atoms with Gasteiger partial charge >= 0.3 is 0 Å². The molecule has 2 unspecified atom stereocenters. The lowest BCUT2D eigenvalue weighted by Crippen LogP contribution is -2.38. The smallest absolute Gasteiger partial charge is 0.0861 e. The van der Waals surface area contributed by atoms with Crippen molar-refractivity contribution in [2.24, 2.45) is 11.3 Å².